The molecule has 4 nitrogen and oxygen atoms in total. The summed E-state index contributed by atoms with van der Waals surface area (Å²) in [5, 5.41) is 9.33. The lowest BCUT2D eigenvalue weighted by Crippen LogP contribution is -2.11. The van der Waals surface area contributed by atoms with Crippen LogP contribution < -0.4 is 0 Å². The molecule has 8 heteroatoms. The molecule has 0 radical (unpaired) electrons. The van der Waals surface area contributed by atoms with Gasteiger partial charge in [-0.25, -0.2) is 4.98 Å². The van der Waals surface area contributed by atoms with E-state index < -0.39 is 17.8 Å². The third-order valence-electron chi connectivity index (χ3n) is 3.20. The fourth-order valence-corrected chi connectivity index (χ4v) is 3.23. The van der Waals surface area contributed by atoms with E-state index in [1.54, 1.807) is 12.1 Å². The molecule has 0 saturated heterocycles. The summed E-state index contributed by atoms with van der Waals surface area (Å²) in [6, 6.07) is 6.13. The number of pyridine rings is 1. The van der Waals surface area contributed by atoms with Crippen molar-refractivity contribution in [3.63, 3.8) is 0 Å². The van der Waals surface area contributed by atoms with E-state index >= 15 is 0 Å². The highest BCUT2D eigenvalue weighted by Gasteiger charge is 2.33. The van der Waals surface area contributed by atoms with Gasteiger partial charge < -0.3 is 10.0 Å². The number of fused-ring (bicyclic) bond motifs is 1. The topological polar surface area (TPSA) is 53.4 Å². The van der Waals surface area contributed by atoms with E-state index in [1.807, 2.05) is 25.1 Å². The van der Waals surface area contributed by atoms with Crippen molar-refractivity contribution >= 4 is 28.6 Å². The van der Waals surface area contributed by atoms with Crippen LogP contribution in [0.2, 0.25) is 0 Å². The summed E-state index contributed by atoms with van der Waals surface area (Å²) in [5.74, 6) is -0.783. The van der Waals surface area contributed by atoms with Crippen molar-refractivity contribution in [2.24, 2.45) is 0 Å². The zero-order valence-electron chi connectivity index (χ0n) is 13.2. The Labute approximate surface area is 141 Å². The molecule has 0 saturated carbocycles. The van der Waals surface area contributed by atoms with Gasteiger partial charge in [-0.05, 0) is 37.9 Å². The summed E-state index contributed by atoms with van der Waals surface area (Å²) in [5.41, 5.74) is 0.243. The maximum Gasteiger partial charge on any atom is 0.433 e. The van der Waals surface area contributed by atoms with E-state index in [0.717, 1.165) is 23.4 Å². The number of alkyl halides is 3. The van der Waals surface area contributed by atoms with Crippen LogP contribution in [0.25, 0.3) is 10.9 Å². The molecule has 2 aromatic rings. The third-order valence-corrected chi connectivity index (χ3v) is 4.25. The molecule has 0 aliphatic rings. The average molecular weight is 358 g/mol. The molecule has 0 aliphatic heterocycles. The van der Waals surface area contributed by atoms with Crippen molar-refractivity contribution in [1.29, 1.82) is 0 Å². The van der Waals surface area contributed by atoms with Crippen molar-refractivity contribution in [3.05, 3.63) is 35.5 Å². The summed E-state index contributed by atoms with van der Waals surface area (Å²) in [6.45, 7) is 0.649. The van der Waals surface area contributed by atoms with Crippen LogP contribution in [0.15, 0.2) is 29.2 Å². The smallest absolute Gasteiger partial charge is 0.433 e. The van der Waals surface area contributed by atoms with Crippen LogP contribution in [0.1, 0.15) is 17.7 Å². The van der Waals surface area contributed by atoms with Crippen molar-refractivity contribution in [2.75, 3.05) is 19.8 Å². The number of rotatable bonds is 6. The maximum atomic E-state index is 13.0. The number of nitrogens with zero attached hydrogens (tertiary/aromatic N) is 2. The van der Waals surface area contributed by atoms with Crippen molar-refractivity contribution < 1.29 is 23.1 Å². The second-order valence-electron chi connectivity index (χ2n) is 5.58. The molecule has 130 valence electrons. The highest BCUT2D eigenvalue weighted by atomic mass is 32.2. The zero-order valence-corrected chi connectivity index (χ0v) is 14.0. The van der Waals surface area contributed by atoms with Crippen LogP contribution in [0.4, 0.5) is 13.2 Å². The summed E-state index contributed by atoms with van der Waals surface area (Å²) < 4.78 is 39.1. The van der Waals surface area contributed by atoms with Gasteiger partial charge in [-0.2, -0.15) is 13.2 Å². The van der Waals surface area contributed by atoms with E-state index in [1.165, 1.54) is 0 Å². The number of hydrogen-bond donors (Lipinski definition) is 1. The van der Waals surface area contributed by atoms with Gasteiger partial charge in [-0.15, -0.1) is 11.8 Å². The molecule has 0 amide bonds. The van der Waals surface area contributed by atoms with Crippen LogP contribution in [0.5, 0.6) is 0 Å². The van der Waals surface area contributed by atoms with Crippen molar-refractivity contribution in [1.82, 2.24) is 9.88 Å². The largest absolute Gasteiger partial charge is 0.481 e. The third kappa shape index (κ3) is 4.85. The van der Waals surface area contributed by atoms with E-state index in [2.05, 4.69) is 4.98 Å². The molecule has 24 heavy (non-hydrogen) atoms. The first-order valence-electron chi connectivity index (χ1n) is 7.17. The fraction of sp³-hybridized carbons (Fsp3) is 0.375. The number of thioether (sulfide) groups is 1. The molecule has 0 spiro atoms. The van der Waals surface area contributed by atoms with Gasteiger partial charge in [0.2, 0.25) is 0 Å². The van der Waals surface area contributed by atoms with Gasteiger partial charge in [-0.3, -0.25) is 4.79 Å². The average Bonchev–Trinajstić information content (AvgIpc) is 2.45. The number of aliphatic carboxylic acids is 1. The van der Waals surface area contributed by atoms with Crippen LogP contribution in [0, 0.1) is 0 Å². The van der Waals surface area contributed by atoms with E-state index in [9.17, 15) is 18.0 Å². The number of carbonyl (C=O) groups is 1. The van der Waals surface area contributed by atoms with Crippen LogP contribution in [0.3, 0.4) is 0 Å². The van der Waals surface area contributed by atoms with Crippen molar-refractivity contribution in [2.45, 2.75) is 24.0 Å². The van der Waals surface area contributed by atoms with Gasteiger partial charge >= 0.3 is 12.1 Å². The van der Waals surface area contributed by atoms with E-state index in [-0.39, 0.29) is 17.7 Å². The Morgan fingerprint density at radius 2 is 2.00 bits per heavy atom. The molecule has 0 bridgehead atoms. The van der Waals surface area contributed by atoms with Gasteiger partial charge in [0.05, 0.1) is 11.9 Å². The second-order valence-corrected chi connectivity index (χ2v) is 6.72. The Morgan fingerprint density at radius 1 is 1.29 bits per heavy atom. The number of hydrogen-bond acceptors (Lipinski definition) is 4. The Hall–Kier alpha value is -1.80. The highest BCUT2D eigenvalue weighted by molar-refractivity contribution is 7.99. The monoisotopic (exact) mass is 358 g/mol. The van der Waals surface area contributed by atoms with Crippen LogP contribution >= 0.6 is 11.8 Å². The van der Waals surface area contributed by atoms with Gasteiger partial charge in [0.15, 0.2) is 0 Å². The molecule has 1 aromatic carbocycles. The SMILES string of the molecule is CN(C)Cc1ccc2nc(C(F)(F)F)cc(SCCC(=O)O)c2c1. The molecule has 2 rings (SSSR count). The number of carboxylic acid groups (broad SMARTS) is 1. The molecule has 1 N–H and O–H groups in total. The predicted octanol–water partition coefficient (Wildman–Crippen LogP) is 3.88. The first-order chi connectivity index (χ1) is 11.2. The molecular formula is C16H17F3N2O2S. The molecular weight excluding hydrogens is 341 g/mol. The maximum absolute atomic E-state index is 13.0. The summed E-state index contributed by atoms with van der Waals surface area (Å²) in [4.78, 5) is 16.7. The summed E-state index contributed by atoms with van der Waals surface area (Å²) in [7, 11) is 3.80. The van der Waals surface area contributed by atoms with E-state index in [0.29, 0.717) is 16.8 Å². The Morgan fingerprint density at radius 3 is 2.58 bits per heavy atom. The van der Waals surface area contributed by atoms with Gasteiger partial charge in [-0.1, -0.05) is 6.07 Å². The standard InChI is InChI=1S/C16H17F3N2O2S/c1-21(2)9-10-3-4-12-11(7-10)13(24-6-5-15(22)23)8-14(20-12)16(17,18)19/h3-4,7-8H,5-6,9H2,1-2H3,(H,22,23). The molecule has 1 heterocycles. The lowest BCUT2D eigenvalue weighted by molar-refractivity contribution is -0.141. The van der Waals surface area contributed by atoms with Crippen LogP contribution in [-0.4, -0.2) is 40.8 Å². The highest BCUT2D eigenvalue weighted by Crippen LogP contribution is 2.35. The minimum atomic E-state index is -4.54. The summed E-state index contributed by atoms with van der Waals surface area (Å²) in [6.07, 6.45) is -4.66. The minimum absolute atomic E-state index is 0.118. The molecule has 0 atom stereocenters. The molecule has 0 fully saturated rings. The molecule has 0 unspecified atom stereocenters. The first kappa shape index (κ1) is 18.5. The van der Waals surface area contributed by atoms with E-state index in [4.69, 9.17) is 5.11 Å². The number of aromatic nitrogens is 1. The number of benzene rings is 1. The Kier molecular flexibility index (Phi) is 5.71. The first-order valence-corrected chi connectivity index (χ1v) is 8.15. The quantitative estimate of drug-likeness (QED) is 0.794. The minimum Gasteiger partial charge on any atom is -0.481 e. The molecule has 1 aromatic heterocycles. The number of carboxylic acids is 1. The zero-order chi connectivity index (χ0) is 17.9. The van der Waals surface area contributed by atoms with Gasteiger partial charge in [0.1, 0.15) is 5.69 Å². The number of halogens is 3. The Bertz CT molecular complexity index is 748. The van der Waals surface area contributed by atoms with Crippen molar-refractivity contribution in [3.8, 4) is 0 Å². The second kappa shape index (κ2) is 7.40. The predicted molar refractivity (Wildman–Crippen MR) is 87.1 cm³/mol. The van der Waals surface area contributed by atoms with Gasteiger partial charge in [0.25, 0.3) is 0 Å². The lowest BCUT2D eigenvalue weighted by Gasteiger charge is -2.14. The summed E-state index contributed by atoms with van der Waals surface area (Å²) >= 11 is 1.10. The Balaban J connectivity index is 2.47. The van der Waals surface area contributed by atoms with Gasteiger partial charge in [0, 0.05) is 22.6 Å². The molecule has 0 aliphatic carbocycles. The normalized spacial score (nSPS) is 12.1. The lowest BCUT2D eigenvalue weighted by atomic mass is 10.1. The van der Waals surface area contributed by atoms with Crippen LogP contribution in [-0.2, 0) is 17.5 Å². The fourth-order valence-electron chi connectivity index (χ4n) is 2.22.